The molecular weight excluding hydrogens is 461 g/mol. The van der Waals surface area contributed by atoms with Crippen molar-refractivity contribution in [2.75, 3.05) is 13.2 Å². The van der Waals surface area contributed by atoms with E-state index in [9.17, 15) is 9.50 Å². The first-order valence-electron chi connectivity index (χ1n) is 12.0. The van der Waals surface area contributed by atoms with E-state index < -0.39 is 6.10 Å². The van der Waals surface area contributed by atoms with Gasteiger partial charge in [-0.2, -0.15) is 5.10 Å². The van der Waals surface area contributed by atoms with Crippen LogP contribution in [0.3, 0.4) is 0 Å². The Morgan fingerprint density at radius 1 is 1.06 bits per heavy atom. The summed E-state index contributed by atoms with van der Waals surface area (Å²) < 4.78 is 33.1. The predicted octanol–water partition coefficient (Wildman–Crippen LogP) is 5.49. The van der Waals surface area contributed by atoms with Crippen molar-refractivity contribution in [2.45, 2.75) is 46.1 Å². The van der Waals surface area contributed by atoms with Crippen LogP contribution in [0.15, 0.2) is 77.4 Å². The molecule has 1 unspecified atom stereocenters. The largest absolute Gasteiger partial charge is 0.468 e. The number of aromatic nitrogens is 2. The molecule has 0 radical (unpaired) electrons. The lowest BCUT2D eigenvalue weighted by Crippen LogP contribution is -2.35. The van der Waals surface area contributed by atoms with E-state index in [-0.39, 0.29) is 18.5 Å². The molecule has 36 heavy (non-hydrogen) atoms. The first-order chi connectivity index (χ1) is 17.4. The Balaban J connectivity index is 1.67. The second-order valence-corrected chi connectivity index (χ2v) is 8.96. The minimum atomic E-state index is -0.695. The first-order valence-corrected chi connectivity index (χ1v) is 12.0. The number of ether oxygens (including phenoxy) is 2. The summed E-state index contributed by atoms with van der Waals surface area (Å²) >= 11 is 0. The van der Waals surface area contributed by atoms with Crippen molar-refractivity contribution in [1.29, 1.82) is 0 Å². The molecule has 4 rings (SSSR count). The lowest BCUT2D eigenvalue weighted by molar-refractivity contribution is -0.0114. The van der Waals surface area contributed by atoms with E-state index in [1.807, 2.05) is 63.2 Å². The standard InChI is InChI=1S/C28H32FN3O4/c1-20(2)35-19-24(33)16-31(17-26-13-8-14-34-26)18-27-21(3)30-32(23-10-5-4-6-11-23)28(27)36-25-12-7-9-22(29)15-25/h4-15,20,24,33H,16-19H2,1-3H3. The van der Waals surface area contributed by atoms with Crippen LogP contribution in [-0.4, -0.2) is 45.1 Å². The van der Waals surface area contributed by atoms with Crippen LogP contribution in [0.1, 0.15) is 30.9 Å². The summed E-state index contributed by atoms with van der Waals surface area (Å²) in [5.41, 5.74) is 2.41. The summed E-state index contributed by atoms with van der Waals surface area (Å²) in [5, 5.41) is 15.4. The van der Waals surface area contributed by atoms with Crippen LogP contribution < -0.4 is 4.74 Å². The number of benzene rings is 2. The van der Waals surface area contributed by atoms with Crippen LogP contribution in [-0.2, 0) is 17.8 Å². The van der Waals surface area contributed by atoms with Crippen molar-refractivity contribution in [2.24, 2.45) is 0 Å². The van der Waals surface area contributed by atoms with Gasteiger partial charge in [-0.05, 0) is 57.2 Å². The summed E-state index contributed by atoms with van der Waals surface area (Å²) in [7, 11) is 0. The zero-order valence-corrected chi connectivity index (χ0v) is 20.8. The Bertz CT molecular complexity index is 1230. The third kappa shape index (κ3) is 6.81. The van der Waals surface area contributed by atoms with Crippen LogP contribution in [0.4, 0.5) is 4.39 Å². The molecule has 7 nitrogen and oxygen atoms in total. The highest BCUT2D eigenvalue weighted by molar-refractivity contribution is 5.43. The smallest absolute Gasteiger partial charge is 0.227 e. The number of aryl methyl sites for hydroxylation is 1. The maximum Gasteiger partial charge on any atom is 0.227 e. The van der Waals surface area contributed by atoms with Crippen LogP contribution in [0, 0.1) is 12.7 Å². The van der Waals surface area contributed by atoms with E-state index in [0.717, 1.165) is 22.7 Å². The number of aliphatic hydroxyl groups excluding tert-OH is 1. The minimum absolute atomic E-state index is 0.0239. The van der Waals surface area contributed by atoms with Gasteiger partial charge in [0.15, 0.2) is 0 Å². The van der Waals surface area contributed by atoms with Crippen LogP contribution in [0.5, 0.6) is 11.6 Å². The molecule has 8 heteroatoms. The SMILES string of the molecule is Cc1nn(-c2ccccc2)c(Oc2cccc(F)c2)c1CN(Cc1ccco1)CC(O)COC(C)C. The van der Waals surface area contributed by atoms with Crippen molar-refractivity contribution >= 4 is 0 Å². The molecule has 0 aliphatic carbocycles. The summed E-state index contributed by atoms with van der Waals surface area (Å²) in [6, 6.07) is 19.4. The maximum absolute atomic E-state index is 13.9. The van der Waals surface area contributed by atoms with Gasteiger partial charge in [-0.1, -0.05) is 24.3 Å². The minimum Gasteiger partial charge on any atom is -0.468 e. The molecule has 0 bridgehead atoms. The zero-order chi connectivity index (χ0) is 25.5. The molecule has 1 atom stereocenters. The monoisotopic (exact) mass is 493 g/mol. The highest BCUT2D eigenvalue weighted by Gasteiger charge is 2.23. The summed E-state index contributed by atoms with van der Waals surface area (Å²) in [4.78, 5) is 2.06. The van der Waals surface area contributed by atoms with Crippen LogP contribution in [0.2, 0.25) is 0 Å². The number of aliphatic hydroxyl groups is 1. The number of rotatable bonds is 12. The van der Waals surface area contributed by atoms with Gasteiger partial charge in [0.2, 0.25) is 5.88 Å². The van der Waals surface area contributed by atoms with Gasteiger partial charge in [0, 0.05) is 19.2 Å². The molecule has 0 fully saturated rings. The summed E-state index contributed by atoms with van der Waals surface area (Å²) in [5.74, 6) is 1.25. The molecule has 0 amide bonds. The molecule has 190 valence electrons. The average molecular weight is 494 g/mol. The number of halogens is 1. The van der Waals surface area contributed by atoms with Gasteiger partial charge < -0.3 is 19.0 Å². The average Bonchev–Trinajstić information content (AvgIpc) is 3.47. The van der Waals surface area contributed by atoms with E-state index in [2.05, 4.69) is 4.90 Å². The molecule has 0 aliphatic rings. The molecular formula is C28H32FN3O4. The Hall–Kier alpha value is -3.46. The van der Waals surface area contributed by atoms with Crippen molar-refractivity contribution in [3.8, 4) is 17.3 Å². The second-order valence-electron chi connectivity index (χ2n) is 8.96. The van der Waals surface area contributed by atoms with Gasteiger partial charge in [-0.15, -0.1) is 0 Å². The van der Waals surface area contributed by atoms with Gasteiger partial charge in [0.25, 0.3) is 0 Å². The second kappa shape index (κ2) is 12.0. The Kier molecular flexibility index (Phi) is 8.53. The third-order valence-corrected chi connectivity index (χ3v) is 5.58. The normalized spacial score (nSPS) is 12.4. The van der Waals surface area contributed by atoms with E-state index >= 15 is 0 Å². The third-order valence-electron chi connectivity index (χ3n) is 5.58. The number of para-hydroxylation sites is 1. The van der Waals surface area contributed by atoms with Gasteiger partial charge in [-0.3, -0.25) is 4.90 Å². The topological polar surface area (TPSA) is 72.9 Å². The van der Waals surface area contributed by atoms with Crippen molar-refractivity contribution in [1.82, 2.24) is 14.7 Å². The number of hydrogen-bond acceptors (Lipinski definition) is 6. The Morgan fingerprint density at radius 3 is 2.56 bits per heavy atom. The molecule has 2 heterocycles. The molecule has 4 aromatic rings. The van der Waals surface area contributed by atoms with Gasteiger partial charge >= 0.3 is 0 Å². The lowest BCUT2D eigenvalue weighted by Gasteiger charge is -2.25. The predicted molar refractivity (Wildman–Crippen MR) is 135 cm³/mol. The first kappa shape index (κ1) is 25.6. The van der Waals surface area contributed by atoms with Crippen LogP contribution in [0.25, 0.3) is 5.69 Å². The highest BCUT2D eigenvalue weighted by atomic mass is 19.1. The molecule has 2 aromatic carbocycles. The van der Waals surface area contributed by atoms with Crippen molar-refractivity contribution in [3.63, 3.8) is 0 Å². The van der Waals surface area contributed by atoms with Crippen molar-refractivity contribution in [3.05, 3.63) is 95.8 Å². The van der Waals surface area contributed by atoms with E-state index in [0.29, 0.717) is 31.3 Å². The quantitative estimate of drug-likeness (QED) is 0.281. The summed E-state index contributed by atoms with van der Waals surface area (Å²) in [6.45, 7) is 7.25. The Morgan fingerprint density at radius 2 is 1.86 bits per heavy atom. The van der Waals surface area contributed by atoms with Crippen LogP contribution >= 0.6 is 0 Å². The highest BCUT2D eigenvalue weighted by Crippen LogP contribution is 2.32. The molecule has 1 N–H and O–H groups in total. The molecule has 2 aromatic heterocycles. The lowest BCUT2D eigenvalue weighted by atomic mass is 10.2. The van der Waals surface area contributed by atoms with Gasteiger partial charge in [0.1, 0.15) is 17.3 Å². The fourth-order valence-corrected chi connectivity index (χ4v) is 3.90. The Labute approximate surface area is 210 Å². The van der Waals surface area contributed by atoms with Crippen molar-refractivity contribution < 1.29 is 23.4 Å². The number of furan rings is 1. The molecule has 0 spiro atoms. The molecule has 0 aliphatic heterocycles. The zero-order valence-electron chi connectivity index (χ0n) is 20.8. The molecule has 0 saturated heterocycles. The van der Waals surface area contributed by atoms with Gasteiger partial charge in [0.05, 0.1) is 48.6 Å². The number of nitrogens with zero attached hydrogens (tertiary/aromatic N) is 3. The number of hydrogen-bond donors (Lipinski definition) is 1. The van der Waals surface area contributed by atoms with E-state index in [1.54, 1.807) is 23.1 Å². The molecule has 0 saturated carbocycles. The van der Waals surface area contributed by atoms with E-state index in [4.69, 9.17) is 19.0 Å². The maximum atomic E-state index is 13.9. The summed E-state index contributed by atoms with van der Waals surface area (Å²) in [6.07, 6.45) is 0.957. The fraction of sp³-hybridized carbons (Fsp3) is 0.321. The van der Waals surface area contributed by atoms with Gasteiger partial charge in [-0.25, -0.2) is 9.07 Å². The van der Waals surface area contributed by atoms with E-state index in [1.165, 1.54) is 12.1 Å². The fourth-order valence-electron chi connectivity index (χ4n) is 3.90.